The van der Waals surface area contributed by atoms with Crippen molar-refractivity contribution >= 4 is 11.2 Å². The molecule has 2 aromatic rings. The van der Waals surface area contributed by atoms with E-state index in [-0.39, 0.29) is 5.56 Å². The fourth-order valence-corrected chi connectivity index (χ4v) is 1.75. The maximum atomic E-state index is 11.7. The number of hydrogen-bond acceptors (Lipinski definition) is 3. The van der Waals surface area contributed by atoms with E-state index in [0.29, 0.717) is 17.1 Å². The first kappa shape index (κ1) is 11.6. The fraction of sp³-hybridized carbons (Fsp3) is 0.545. The van der Waals surface area contributed by atoms with Gasteiger partial charge in [-0.2, -0.15) is 0 Å². The number of H-pyrrole nitrogens is 2. The van der Waals surface area contributed by atoms with Crippen LogP contribution >= 0.6 is 0 Å². The second-order valence-corrected chi connectivity index (χ2v) is 4.35. The average Bonchev–Trinajstić information content (AvgIpc) is 2.69. The Morgan fingerprint density at radius 2 is 2.18 bits per heavy atom. The zero-order valence-corrected chi connectivity index (χ0v) is 9.99. The summed E-state index contributed by atoms with van der Waals surface area (Å²) in [6.45, 7) is 5.05. The van der Waals surface area contributed by atoms with Crippen molar-refractivity contribution in [2.75, 3.05) is 0 Å². The third-order valence-electron chi connectivity index (χ3n) is 3.07. The molecule has 1 unspecified atom stereocenters. The highest BCUT2D eigenvalue weighted by Crippen LogP contribution is 2.10. The van der Waals surface area contributed by atoms with E-state index in [1.54, 1.807) is 10.9 Å². The smallest absolute Gasteiger partial charge is 0.325 e. The molecule has 1 atom stereocenters. The summed E-state index contributed by atoms with van der Waals surface area (Å²) >= 11 is 0. The van der Waals surface area contributed by atoms with Crippen molar-refractivity contribution in [1.29, 1.82) is 0 Å². The Bertz CT molecular complexity index is 622. The summed E-state index contributed by atoms with van der Waals surface area (Å²) in [5, 5.41) is 0. The van der Waals surface area contributed by atoms with Gasteiger partial charge in [-0.25, -0.2) is 9.78 Å². The van der Waals surface area contributed by atoms with Gasteiger partial charge in [-0.1, -0.05) is 20.3 Å². The summed E-state index contributed by atoms with van der Waals surface area (Å²) < 4.78 is 1.79. The van der Waals surface area contributed by atoms with Gasteiger partial charge in [0.1, 0.15) is 0 Å². The van der Waals surface area contributed by atoms with Crippen molar-refractivity contribution in [3.8, 4) is 0 Å². The number of fused-ring (bicyclic) bond motifs is 1. The van der Waals surface area contributed by atoms with Crippen LogP contribution < -0.4 is 11.2 Å². The highest BCUT2D eigenvalue weighted by molar-refractivity contribution is 5.68. The number of aromatic amines is 2. The number of nitrogens with one attached hydrogen (secondary N) is 2. The Morgan fingerprint density at radius 1 is 1.41 bits per heavy atom. The molecule has 0 spiro atoms. The van der Waals surface area contributed by atoms with E-state index in [0.717, 1.165) is 19.4 Å². The van der Waals surface area contributed by atoms with Crippen LogP contribution in [0.3, 0.4) is 0 Å². The van der Waals surface area contributed by atoms with Crippen molar-refractivity contribution in [2.45, 2.75) is 33.2 Å². The average molecular weight is 236 g/mol. The van der Waals surface area contributed by atoms with Crippen LogP contribution in [0.15, 0.2) is 15.9 Å². The summed E-state index contributed by atoms with van der Waals surface area (Å²) in [7, 11) is 0. The van der Waals surface area contributed by atoms with Gasteiger partial charge in [0.2, 0.25) is 0 Å². The van der Waals surface area contributed by atoms with Crippen LogP contribution in [0.1, 0.15) is 26.7 Å². The van der Waals surface area contributed by atoms with Crippen LogP contribution in [0.2, 0.25) is 0 Å². The first-order valence-electron chi connectivity index (χ1n) is 5.79. The summed E-state index contributed by atoms with van der Waals surface area (Å²) in [4.78, 5) is 31.5. The highest BCUT2D eigenvalue weighted by atomic mass is 16.2. The lowest BCUT2D eigenvalue weighted by atomic mass is 10.1. The molecule has 2 rings (SSSR count). The largest absolute Gasteiger partial charge is 0.327 e. The van der Waals surface area contributed by atoms with E-state index in [9.17, 15) is 9.59 Å². The molecule has 0 aromatic carbocycles. The van der Waals surface area contributed by atoms with Crippen molar-refractivity contribution in [3.63, 3.8) is 0 Å². The standard InChI is InChI=1S/C11H16N4O2/c1-3-7(2)4-5-15-6-12-9-8(15)10(16)14-11(17)13-9/h6-7H,3-5H2,1-2H3,(H2,13,14,16,17). The molecule has 0 saturated carbocycles. The lowest BCUT2D eigenvalue weighted by Gasteiger charge is -2.08. The second kappa shape index (κ2) is 4.57. The molecule has 6 nitrogen and oxygen atoms in total. The number of hydrogen-bond donors (Lipinski definition) is 2. The molecule has 0 radical (unpaired) electrons. The van der Waals surface area contributed by atoms with Crippen LogP contribution in [0.5, 0.6) is 0 Å². The zero-order chi connectivity index (χ0) is 12.4. The Balaban J connectivity index is 2.36. The Hall–Kier alpha value is -1.85. The van der Waals surface area contributed by atoms with Gasteiger partial charge >= 0.3 is 5.69 Å². The molecule has 2 N–H and O–H groups in total. The van der Waals surface area contributed by atoms with E-state index in [1.165, 1.54) is 0 Å². The molecule has 0 saturated heterocycles. The molecule has 0 aliphatic carbocycles. The molecule has 0 aliphatic heterocycles. The van der Waals surface area contributed by atoms with Crippen molar-refractivity contribution in [1.82, 2.24) is 19.5 Å². The van der Waals surface area contributed by atoms with E-state index in [2.05, 4.69) is 28.8 Å². The molecular formula is C11H16N4O2. The molecule has 92 valence electrons. The van der Waals surface area contributed by atoms with Crippen molar-refractivity contribution in [3.05, 3.63) is 27.2 Å². The third-order valence-corrected chi connectivity index (χ3v) is 3.07. The van der Waals surface area contributed by atoms with Gasteiger partial charge in [0, 0.05) is 6.54 Å². The minimum atomic E-state index is -0.519. The SMILES string of the molecule is CCC(C)CCn1cnc2[nH]c(=O)[nH]c(=O)c21. The molecule has 0 fully saturated rings. The first-order valence-corrected chi connectivity index (χ1v) is 5.79. The third kappa shape index (κ3) is 2.30. The van der Waals surface area contributed by atoms with Crippen LogP contribution in [0.25, 0.3) is 11.2 Å². The Labute approximate surface area is 97.7 Å². The van der Waals surface area contributed by atoms with Crippen molar-refractivity contribution in [2.24, 2.45) is 5.92 Å². The second-order valence-electron chi connectivity index (χ2n) is 4.35. The van der Waals surface area contributed by atoms with E-state index >= 15 is 0 Å². The molecule has 17 heavy (non-hydrogen) atoms. The van der Waals surface area contributed by atoms with Crippen LogP contribution in [0.4, 0.5) is 0 Å². The van der Waals surface area contributed by atoms with Crippen LogP contribution in [-0.4, -0.2) is 19.5 Å². The number of rotatable bonds is 4. The van der Waals surface area contributed by atoms with Crippen LogP contribution in [0, 0.1) is 5.92 Å². The highest BCUT2D eigenvalue weighted by Gasteiger charge is 2.09. The fourth-order valence-electron chi connectivity index (χ4n) is 1.75. The first-order chi connectivity index (χ1) is 8.11. The van der Waals surface area contributed by atoms with Gasteiger partial charge in [0.25, 0.3) is 5.56 Å². The monoisotopic (exact) mass is 236 g/mol. The summed E-state index contributed by atoms with van der Waals surface area (Å²) in [6, 6.07) is 0. The Kier molecular flexibility index (Phi) is 3.12. The lowest BCUT2D eigenvalue weighted by molar-refractivity contribution is 0.472. The van der Waals surface area contributed by atoms with Crippen LogP contribution in [-0.2, 0) is 6.54 Å². The summed E-state index contributed by atoms with van der Waals surface area (Å²) in [6.07, 6.45) is 3.69. The number of imidazole rings is 1. The molecule has 6 heteroatoms. The summed E-state index contributed by atoms with van der Waals surface area (Å²) in [5.41, 5.74) is -0.115. The molecule has 2 aromatic heterocycles. The van der Waals surface area contributed by atoms with E-state index in [4.69, 9.17) is 0 Å². The van der Waals surface area contributed by atoms with Gasteiger partial charge in [-0.05, 0) is 12.3 Å². The minimum absolute atomic E-state index is 0.350. The number of aromatic nitrogens is 4. The van der Waals surface area contributed by atoms with Gasteiger partial charge in [0.05, 0.1) is 6.33 Å². The van der Waals surface area contributed by atoms with Gasteiger partial charge in [-0.3, -0.25) is 14.8 Å². The normalized spacial score (nSPS) is 13.1. The maximum absolute atomic E-state index is 11.7. The predicted octanol–water partition coefficient (Wildman–Crippen LogP) is 0.849. The molecule has 0 amide bonds. The topological polar surface area (TPSA) is 83.5 Å². The zero-order valence-electron chi connectivity index (χ0n) is 9.99. The maximum Gasteiger partial charge on any atom is 0.327 e. The Morgan fingerprint density at radius 3 is 2.88 bits per heavy atom. The van der Waals surface area contributed by atoms with Gasteiger partial charge < -0.3 is 4.57 Å². The van der Waals surface area contributed by atoms with E-state index in [1.807, 2.05) is 0 Å². The number of aryl methyl sites for hydroxylation is 1. The minimum Gasteiger partial charge on any atom is -0.325 e. The molecular weight excluding hydrogens is 220 g/mol. The molecule has 0 bridgehead atoms. The quantitative estimate of drug-likeness (QED) is 0.825. The van der Waals surface area contributed by atoms with Gasteiger partial charge in [-0.15, -0.1) is 0 Å². The van der Waals surface area contributed by atoms with Gasteiger partial charge in [0.15, 0.2) is 11.2 Å². The lowest BCUT2D eigenvalue weighted by Crippen LogP contribution is -2.23. The van der Waals surface area contributed by atoms with Crippen molar-refractivity contribution < 1.29 is 0 Å². The summed E-state index contributed by atoms with van der Waals surface area (Å²) in [5.74, 6) is 0.606. The predicted molar refractivity (Wildman–Crippen MR) is 65.0 cm³/mol. The molecule has 0 aliphatic rings. The van der Waals surface area contributed by atoms with E-state index < -0.39 is 5.69 Å². The number of nitrogens with zero attached hydrogens (tertiary/aromatic N) is 2. The molecule has 2 heterocycles.